The van der Waals surface area contributed by atoms with Crippen LogP contribution >= 0.6 is 0 Å². The standard InChI is InChI=1S/C54H70N4O8SSi2/c1-13-63-51(60)34-48(40-25-24-37(2)47(33-40)39(4)58-35-41-32-42(59)26-29-50(41)65-67(58,61)62)46-27-28-49-52(38(46)3)55-56-57(49)31-30-43(36-64-68(11,12)53(5,6)7)66-69(54(8,9)10,44-20-16-14-17-21-44)45-22-18-15-19-23-45/h14-29,32-33,39,43,48,59H,13,30-31,34-36H2,1-12H3/t39-,43+,48?/m1/s1. The molecule has 368 valence electrons. The minimum atomic E-state index is -4.17. The number of carbonyl (C=O) groups excluding carboxylic acids is 1. The average molecular weight is 991 g/mol. The molecule has 1 N–H and O–H groups in total. The van der Waals surface area contributed by atoms with Gasteiger partial charge in [-0.05, 0) is 120 Å². The molecule has 0 fully saturated rings. The zero-order valence-corrected chi connectivity index (χ0v) is 45.2. The summed E-state index contributed by atoms with van der Waals surface area (Å²) in [5.41, 5.74) is 6.37. The van der Waals surface area contributed by atoms with Crippen molar-refractivity contribution in [2.75, 3.05) is 13.2 Å². The number of phenolic OH excluding ortho intramolecular Hbond substituents is 1. The third kappa shape index (κ3) is 10.8. The number of aromatic nitrogens is 3. The number of aryl methyl sites for hydroxylation is 3. The normalized spacial score (nSPS) is 15.8. The third-order valence-corrected chi connectivity index (χ3v) is 25.3. The Bertz CT molecular complexity index is 2840. The molecule has 3 atom stereocenters. The lowest BCUT2D eigenvalue weighted by Crippen LogP contribution is -2.68. The number of nitrogens with zero attached hydrogens (tertiary/aromatic N) is 4. The van der Waals surface area contributed by atoms with Gasteiger partial charge in [0, 0.05) is 24.6 Å². The average Bonchev–Trinajstić information content (AvgIpc) is 3.71. The SMILES string of the molecule is CCOC(=O)CC(c1ccc(C)c([C@@H](C)N2Cc3cc(O)ccc3OS2(=O)=O)c1)c1ccc2c(nnn2CC[C@@H](CO[Si](C)(C)C(C)(C)C)O[Si](c2ccccc2)(c2ccccc2)C(C)(C)C)c1C. The first kappa shape index (κ1) is 51.7. The van der Waals surface area contributed by atoms with Crippen LogP contribution in [0.15, 0.2) is 109 Å². The summed E-state index contributed by atoms with van der Waals surface area (Å²) in [5, 5.41) is 21.9. The van der Waals surface area contributed by atoms with E-state index in [-0.39, 0.29) is 53.2 Å². The molecule has 1 aliphatic heterocycles. The van der Waals surface area contributed by atoms with E-state index < -0.39 is 38.9 Å². The predicted molar refractivity (Wildman–Crippen MR) is 278 cm³/mol. The van der Waals surface area contributed by atoms with Gasteiger partial charge in [-0.1, -0.05) is 132 Å². The number of rotatable bonds is 17. The molecule has 1 aromatic heterocycles. The molecule has 1 unspecified atom stereocenters. The topological polar surface area (TPSA) is 142 Å². The minimum absolute atomic E-state index is 0.0112. The van der Waals surface area contributed by atoms with Crippen molar-refractivity contribution in [2.24, 2.45) is 0 Å². The summed E-state index contributed by atoms with van der Waals surface area (Å²) in [5.74, 6) is -0.587. The summed E-state index contributed by atoms with van der Waals surface area (Å²) in [6.07, 6.45) is 0.405. The van der Waals surface area contributed by atoms with Gasteiger partial charge in [0.2, 0.25) is 0 Å². The smallest absolute Gasteiger partial charge is 0.386 e. The summed E-state index contributed by atoms with van der Waals surface area (Å²) in [7, 11) is -9.30. The second kappa shape index (κ2) is 20.3. The highest BCUT2D eigenvalue weighted by Crippen LogP contribution is 2.42. The maximum atomic E-state index is 13.5. The van der Waals surface area contributed by atoms with Crippen molar-refractivity contribution in [1.82, 2.24) is 19.3 Å². The first-order valence-electron chi connectivity index (χ1n) is 24.0. The second-order valence-electron chi connectivity index (χ2n) is 21.0. The molecule has 0 saturated carbocycles. The van der Waals surface area contributed by atoms with Gasteiger partial charge < -0.3 is 22.9 Å². The Morgan fingerprint density at radius 1 is 0.855 bits per heavy atom. The van der Waals surface area contributed by atoms with Crippen molar-refractivity contribution in [3.05, 3.63) is 143 Å². The fourth-order valence-corrected chi connectivity index (χ4v) is 16.4. The van der Waals surface area contributed by atoms with Gasteiger partial charge in [0.1, 0.15) is 17.0 Å². The Kier molecular flexibility index (Phi) is 15.2. The summed E-state index contributed by atoms with van der Waals surface area (Å²) in [6, 6.07) is 35.2. The third-order valence-electron chi connectivity index (χ3n) is 14.3. The number of ether oxygens (including phenoxy) is 1. The Morgan fingerprint density at radius 3 is 2.12 bits per heavy atom. The molecule has 15 heteroatoms. The molecule has 5 aromatic carbocycles. The summed E-state index contributed by atoms with van der Waals surface area (Å²) < 4.78 is 56.1. The van der Waals surface area contributed by atoms with E-state index in [0.717, 1.165) is 38.9 Å². The molecule has 0 amide bonds. The van der Waals surface area contributed by atoms with Gasteiger partial charge in [0.05, 0.1) is 37.3 Å². The predicted octanol–water partition coefficient (Wildman–Crippen LogP) is 10.4. The molecule has 6 aromatic rings. The molecule has 1 aliphatic rings. The van der Waals surface area contributed by atoms with Crippen molar-refractivity contribution in [2.45, 2.75) is 136 Å². The quantitative estimate of drug-likeness (QED) is 0.0693. The van der Waals surface area contributed by atoms with Crippen LogP contribution in [0.2, 0.25) is 23.2 Å². The van der Waals surface area contributed by atoms with Crippen LogP contribution in [-0.2, 0) is 41.8 Å². The van der Waals surface area contributed by atoms with Gasteiger partial charge in [0.15, 0.2) is 8.32 Å². The number of hydrogen-bond acceptors (Lipinski definition) is 10. The number of benzene rings is 5. The van der Waals surface area contributed by atoms with Crippen LogP contribution in [0, 0.1) is 13.8 Å². The van der Waals surface area contributed by atoms with Crippen LogP contribution in [0.1, 0.15) is 114 Å². The Morgan fingerprint density at radius 2 is 1.51 bits per heavy atom. The van der Waals surface area contributed by atoms with Crippen molar-refractivity contribution in [3.8, 4) is 11.5 Å². The first-order valence-corrected chi connectivity index (χ1v) is 30.2. The molecule has 69 heavy (non-hydrogen) atoms. The number of esters is 1. The van der Waals surface area contributed by atoms with Gasteiger partial charge in [0.25, 0.3) is 8.32 Å². The van der Waals surface area contributed by atoms with Crippen molar-refractivity contribution < 1.29 is 36.1 Å². The highest BCUT2D eigenvalue weighted by Gasteiger charge is 2.52. The Balaban J connectivity index is 1.23. The molecular weight excluding hydrogens is 921 g/mol. The van der Waals surface area contributed by atoms with E-state index in [4.69, 9.17) is 28.1 Å². The Labute approximate surface area is 411 Å². The summed E-state index contributed by atoms with van der Waals surface area (Å²) >= 11 is 0. The molecule has 0 spiro atoms. The molecule has 0 saturated heterocycles. The first-order chi connectivity index (χ1) is 32.5. The molecule has 0 radical (unpaired) electrons. The highest BCUT2D eigenvalue weighted by molar-refractivity contribution is 7.84. The van der Waals surface area contributed by atoms with E-state index in [1.807, 2.05) is 55.8 Å². The van der Waals surface area contributed by atoms with Crippen LogP contribution in [0.3, 0.4) is 0 Å². The van der Waals surface area contributed by atoms with Gasteiger partial charge in [-0.25, -0.2) is 4.68 Å². The lowest BCUT2D eigenvalue weighted by atomic mass is 9.83. The van der Waals surface area contributed by atoms with Gasteiger partial charge in [-0.3, -0.25) is 4.79 Å². The minimum Gasteiger partial charge on any atom is -0.508 e. The van der Waals surface area contributed by atoms with Crippen LogP contribution in [0.25, 0.3) is 11.0 Å². The van der Waals surface area contributed by atoms with Crippen LogP contribution < -0.4 is 14.6 Å². The van der Waals surface area contributed by atoms with Gasteiger partial charge >= 0.3 is 16.3 Å². The maximum Gasteiger partial charge on any atom is 0.386 e. The second-order valence-corrected chi connectivity index (χ2v) is 31.5. The van der Waals surface area contributed by atoms with Crippen LogP contribution in [-0.4, -0.2) is 74.7 Å². The number of hydrogen-bond donors (Lipinski definition) is 1. The van der Waals surface area contributed by atoms with E-state index >= 15 is 0 Å². The number of aromatic hydroxyl groups is 1. The highest BCUT2D eigenvalue weighted by atomic mass is 32.2. The largest absolute Gasteiger partial charge is 0.508 e. The van der Waals surface area contributed by atoms with Crippen molar-refractivity contribution in [1.29, 1.82) is 0 Å². The molecule has 2 heterocycles. The van der Waals surface area contributed by atoms with E-state index in [9.17, 15) is 18.3 Å². The number of fused-ring (bicyclic) bond motifs is 2. The van der Waals surface area contributed by atoms with Crippen LogP contribution in [0.5, 0.6) is 11.5 Å². The summed E-state index contributed by atoms with van der Waals surface area (Å²) in [6.45, 7) is 27.0. The van der Waals surface area contributed by atoms with Crippen LogP contribution in [0.4, 0.5) is 0 Å². The van der Waals surface area contributed by atoms with Crippen molar-refractivity contribution in [3.63, 3.8) is 0 Å². The van der Waals surface area contributed by atoms with E-state index in [2.05, 4.69) is 115 Å². The molecular formula is C54H70N4O8SSi2. The lowest BCUT2D eigenvalue weighted by molar-refractivity contribution is -0.143. The molecule has 7 rings (SSSR count). The monoisotopic (exact) mass is 990 g/mol. The zero-order chi connectivity index (χ0) is 50.1. The molecule has 12 nitrogen and oxygen atoms in total. The maximum absolute atomic E-state index is 13.5. The van der Waals surface area contributed by atoms with Crippen molar-refractivity contribution >= 4 is 54.3 Å². The molecule has 0 aliphatic carbocycles. The van der Waals surface area contributed by atoms with E-state index in [1.54, 1.807) is 6.92 Å². The summed E-state index contributed by atoms with van der Waals surface area (Å²) in [4.78, 5) is 13.4. The van der Waals surface area contributed by atoms with E-state index in [1.165, 1.54) is 32.9 Å². The number of carbonyl (C=O) groups is 1. The van der Waals surface area contributed by atoms with E-state index in [0.29, 0.717) is 25.1 Å². The fourth-order valence-electron chi connectivity index (χ4n) is 9.41. The van der Waals surface area contributed by atoms with Gasteiger partial charge in [-0.15, -0.1) is 5.10 Å². The zero-order valence-electron chi connectivity index (χ0n) is 42.4. The van der Waals surface area contributed by atoms with Gasteiger partial charge in [-0.2, -0.15) is 12.7 Å². The Hall–Kier alpha value is -5.17. The molecule has 0 bridgehead atoms. The number of phenols is 1. The fraction of sp³-hybridized carbons (Fsp3) is 0.426. The lowest BCUT2D eigenvalue weighted by Gasteiger charge is -2.46.